The second kappa shape index (κ2) is 54.2. The molecule has 6 heteroatoms. The highest BCUT2D eigenvalue weighted by atomic mass is 16.6. The second-order valence-electron chi connectivity index (χ2n) is 19.2. The molecule has 0 amide bonds. The summed E-state index contributed by atoms with van der Waals surface area (Å²) in [6, 6.07) is 0. The van der Waals surface area contributed by atoms with Crippen LogP contribution in [-0.2, 0) is 28.6 Å². The Bertz CT molecular complexity index is 1090. The molecule has 0 aliphatic rings. The van der Waals surface area contributed by atoms with Gasteiger partial charge < -0.3 is 14.2 Å². The van der Waals surface area contributed by atoms with Crippen molar-refractivity contribution < 1.29 is 28.6 Å². The molecule has 0 radical (unpaired) electrons. The molecular weight excluding hydrogens is 805 g/mol. The van der Waals surface area contributed by atoms with E-state index in [0.29, 0.717) is 19.3 Å². The van der Waals surface area contributed by atoms with E-state index in [2.05, 4.69) is 57.2 Å². The minimum absolute atomic E-state index is 0.0722. The molecule has 0 rings (SSSR count). The Morgan fingerprint density at radius 3 is 0.923 bits per heavy atom. The number of hydrogen-bond acceptors (Lipinski definition) is 6. The lowest BCUT2D eigenvalue weighted by molar-refractivity contribution is -0.167. The van der Waals surface area contributed by atoms with Gasteiger partial charge in [0.05, 0.1) is 0 Å². The molecule has 0 aliphatic heterocycles. The zero-order valence-corrected chi connectivity index (χ0v) is 43.5. The van der Waals surface area contributed by atoms with Gasteiger partial charge >= 0.3 is 17.9 Å². The Hall–Kier alpha value is -2.37. The fraction of sp³-hybridized carbons (Fsp3) is 0.847. The van der Waals surface area contributed by atoms with Crippen LogP contribution in [0.5, 0.6) is 0 Å². The maximum Gasteiger partial charge on any atom is 0.306 e. The summed E-state index contributed by atoms with van der Waals surface area (Å²) in [6.07, 6.45) is 64.9. The average molecular weight is 914 g/mol. The molecule has 0 bridgehead atoms. The quantitative estimate of drug-likeness (QED) is 0.0262. The van der Waals surface area contributed by atoms with Gasteiger partial charge in [-0.05, 0) is 70.6 Å². The van der Waals surface area contributed by atoms with Crippen molar-refractivity contribution in [2.75, 3.05) is 13.2 Å². The molecule has 0 aromatic carbocycles. The lowest BCUT2D eigenvalue weighted by atomic mass is 10.0. The maximum atomic E-state index is 12.7. The summed E-state index contributed by atoms with van der Waals surface area (Å²) in [5, 5.41) is 0. The van der Waals surface area contributed by atoms with Gasteiger partial charge in [0, 0.05) is 19.3 Å². The second-order valence-corrected chi connectivity index (χ2v) is 19.2. The third-order valence-electron chi connectivity index (χ3n) is 12.6. The monoisotopic (exact) mass is 913 g/mol. The average Bonchev–Trinajstić information content (AvgIpc) is 3.30. The lowest BCUT2D eigenvalue weighted by Crippen LogP contribution is -2.30. The summed E-state index contributed by atoms with van der Waals surface area (Å²) in [4.78, 5) is 37.7. The number of carbonyl (C=O) groups excluding carboxylic acids is 3. The van der Waals surface area contributed by atoms with Crippen LogP contribution in [-0.4, -0.2) is 37.2 Å². The van der Waals surface area contributed by atoms with E-state index in [1.54, 1.807) is 0 Å². The van der Waals surface area contributed by atoms with Crippen LogP contribution >= 0.6 is 0 Å². The molecular formula is C59H108O6. The lowest BCUT2D eigenvalue weighted by Gasteiger charge is -2.18. The summed E-state index contributed by atoms with van der Waals surface area (Å²) in [5.74, 6) is -0.883. The number of unbranched alkanes of at least 4 members (excludes halogenated alkanes) is 35. The standard InChI is InChI=1S/C59H108O6/c1-4-7-10-13-16-18-20-21-22-23-24-25-26-27-28-29-30-31-32-33-34-35-36-37-38-39-40-42-43-46-49-52-58(61)64-55-56(54-63-57(60)51-48-45-15-12-9-6-3)65-59(62)53-50-47-44-41-19-17-14-11-8-5-2/h11,14,20-21,23-24,56H,4-10,12-13,15-19,22,25-55H2,1-3H3/b14-11-,21-20-,24-23-. The fourth-order valence-electron chi connectivity index (χ4n) is 8.30. The largest absolute Gasteiger partial charge is 0.462 e. The van der Waals surface area contributed by atoms with E-state index in [1.165, 1.54) is 180 Å². The third kappa shape index (κ3) is 52.5. The first-order valence-corrected chi connectivity index (χ1v) is 28.5. The first kappa shape index (κ1) is 62.6. The molecule has 0 N–H and O–H groups in total. The molecule has 0 fully saturated rings. The zero-order chi connectivity index (χ0) is 47.2. The Morgan fingerprint density at radius 2 is 0.585 bits per heavy atom. The van der Waals surface area contributed by atoms with Crippen molar-refractivity contribution in [2.45, 2.75) is 309 Å². The van der Waals surface area contributed by atoms with E-state index in [0.717, 1.165) is 83.5 Å². The van der Waals surface area contributed by atoms with Gasteiger partial charge in [0.25, 0.3) is 0 Å². The van der Waals surface area contributed by atoms with E-state index in [9.17, 15) is 14.4 Å². The van der Waals surface area contributed by atoms with E-state index in [-0.39, 0.29) is 31.1 Å². The van der Waals surface area contributed by atoms with Crippen molar-refractivity contribution in [3.8, 4) is 0 Å². The van der Waals surface area contributed by atoms with E-state index in [4.69, 9.17) is 14.2 Å². The Balaban J connectivity index is 3.89. The highest BCUT2D eigenvalue weighted by Gasteiger charge is 2.19. The molecule has 0 heterocycles. The molecule has 0 aromatic rings. The van der Waals surface area contributed by atoms with Crippen molar-refractivity contribution in [3.63, 3.8) is 0 Å². The number of rotatable bonds is 52. The molecule has 0 aliphatic carbocycles. The van der Waals surface area contributed by atoms with Crippen LogP contribution in [0.2, 0.25) is 0 Å². The van der Waals surface area contributed by atoms with Gasteiger partial charge in [-0.2, -0.15) is 0 Å². The van der Waals surface area contributed by atoms with Crippen LogP contribution < -0.4 is 0 Å². The van der Waals surface area contributed by atoms with Gasteiger partial charge in [-0.15, -0.1) is 0 Å². The SMILES string of the molecule is CCC/C=C\CCCCCCCC(=O)OC(COC(=O)CCCCCCCC)COC(=O)CCCCCCCCCCCCCCCCCCCCC/C=C\C/C=C\CCCCCCC. The smallest absolute Gasteiger partial charge is 0.306 e. The van der Waals surface area contributed by atoms with Gasteiger partial charge in [-0.25, -0.2) is 0 Å². The van der Waals surface area contributed by atoms with Gasteiger partial charge in [-0.3, -0.25) is 14.4 Å². The predicted molar refractivity (Wildman–Crippen MR) is 279 cm³/mol. The van der Waals surface area contributed by atoms with Gasteiger partial charge in [0.2, 0.25) is 0 Å². The van der Waals surface area contributed by atoms with Crippen molar-refractivity contribution in [3.05, 3.63) is 36.5 Å². The number of esters is 3. The minimum atomic E-state index is -0.768. The van der Waals surface area contributed by atoms with E-state index in [1.807, 2.05) is 0 Å². The van der Waals surface area contributed by atoms with E-state index < -0.39 is 6.10 Å². The van der Waals surface area contributed by atoms with Gasteiger partial charge in [0.1, 0.15) is 13.2 Å². The van der Waals surface area contributed by atoms with Gasteiger partial charge in [0.15, 0.2) is 6.10 Å². The molecule has 1 atom stereocenters. The summed E-state index contributed by atoms with van der Waals surface area (Å²) in [7, 11) is 0. The van der Waals surface area contributed by atoms with Crippen molar-refractivity contribution in [2.24, 2.45) is 0 Å². The normalized spacial score (nSPS) is 12.2. The van der Waals surface area contributed by atoms with E-state index >= 15 is 0 Å². The Morgan fingerprint density at radius 1 is 0.308 bits per heavy atom. The predicted octanol–water partition coefficient (Wildman–Crippen LogP) is 18.9. The fourth-order valence-corrected chi connectivity index (χ4v) is 8.30. The Kier molecular flexibility index (Phi) is 52.3. The maximum absolute atomic E-state index is 12.7. The minimum Gasteiger partial charge on any atom is -0.462 e. The summed E-state index contributed by atoms with van der Waals surface area (Å²) in [5.41, 5.74) is 0. The zero-order valence-electron chi connectivity index (χ0n) is 43.5. The Labute approximate surface area is 404 Å². The van der Waals surface area contributed by atoms with Crippen molar-refractivity contribution >= 4 is 17.9 Å². The molecule has 0 saturated carbocycles. The van der Waals surface area contributed by atoms with Crippen molar-refractivity contribution in [1.82, 2.24) is 0 Å². The van der Waals surface area contributed by atoms with Crippen LogP contribution in [0.4, 0.5) is 0 Å². The van der Waals surface area contributed by atoms with Crippen LogP contribution in [0.3, 0.4) is 0 Å². The summed E-state index contributed by atoms with van der Waals surface area (Å²) >= 11 is 0. The molecule has 0 aromatic heterocycles. The van der Waals surface area contributed by atoms with Crippen molar-refractivity contribution in [1.29, 1.82) is 0 Å². The summed E-state index contributed by atoms with van der Waals surface area (Å²) < 4.78 is 16.7. The number of ether oxygens (including phenoxy) is 3. The number of hydrogen-bond donors (Lipinski definition) is 0. The molecule has 0 saturated heterocycles. The highest BCUT2D eigenvalue weighted by molar-refractivity contribution is 5.71. The number of allylic oxidation sites excluding steroid dienone is 6. The third-order valence-corrected chi connectivity index (χ3v) is 12.6. The summed E-state index contributed by atoms with van der Waals surface area (Å²) in [6.45, 7) is 6.52. The number of carbonyl (C=O) groups is 3. The molecule has 6 nitrogen and oxygen atoms in total. The molecule has 0 spiro atoms. The molecule has 380 valence electrons. The highest BCUT2D eigenvalue weighted by Crippen LogP contribution is 2.17. The topological polar surface area (TPSA) is 78.9 Å². The molecule has 1 unspecified atom stereocenters. The van der Waals surface area contributed by atoms with Gasteiger partial charge in [-0.1, -0.05) is 250 Å². The van der Waals surface area contributed by atoms with Crippen LogP contribution in [0.25, 0.3) is 0 Å². The van der Waals surface area contributed by atoms with Crippen LogP contribution in [0, 0.1) is 0 Å². The molecule has 65 heavy (non-hydrogen) atoms. The first-order valence-electron chi connectivity index (χ1n) is 28.5. The van der Waals surface area contributed by atoms with Crippen LogP contribution in [0.15, 0.2) is 36.5 Å². The van der Waals surface area contributed by atoms with Crippen LogP contribution in [0.1, 0.15) is 303 Å². The first-order chi connectivity index (χ1) is 32.0.